The van der Waals surface area contributed by atoms with E-state index in [-0.39, 0.29) is 0 Å². The Balaban J connectivity index is 2.38. The minimum absolute atomic E-state index is 0.731. The second-order valence-corrected chi connectivity index (χ2v) is 8.17. The largest absolute Gasteiger partial charge is 0.500 e. The topological polar surface area (TPSA) is 27.7 Å². The Hall–Kier alpha value is 0.0969. The van der Waals surface area contributed by atoms with Crippen LogP contribution in [0.5, 0.6) is 0 Å². The van der Waals surface area contributed by atoms with E-state index in [0.717, 1.165) is 17.9 Å². The molecule has 0 atom stereocenters. The summed E-state index contributed by atoms with van der Waals surface area (Å²) in [7, 11) is 2.79. The van der Waals surface area contributed by atoms with Gasteiger partial charge >= 0.3 is 8.80 Å². The van der Waals surface area contributed by atoms with Gasteiger partial charge in [0.2, 0.25) is 0 Å². The van der Waals surface area contributed by atoms with Crippen molar-refractivity contribution in [1.29, 1.82) is 0 Å². The van der Waals surface area contributed by atoms with Crippen LogP contribution in [0.3, 0.4) is 0 Å². The first kappa shape index (κ1) is 15.2. The monoisotopic (exact) mass is 260 g/mol. The molecule has 0 spiro atoms. The third-order valence-electron chi connectivity index (χ3n) is 4.13. The van der Waals surface area contributed by atoms with Crippen molar-refractivity contribution < 1.29 is 13.3 Å². The summed E-state index contributed by atoms with van der Waals surface area (Å²) in [6.07, 6.45) is 8.10. The molecule has 0 aromatic carbocycles. The molecular formula is C13H28O3Si. The van der Waals surface area contributed by atoms with Crippen LogP contribution in [0, 0.1) is 11.8 Å². The lowest BCUT2D eigenvalue weighted by molar-refractivity contribution is 0.112. The molecule has 0 unspecified atom stereocenters. The average Bonchev–Trinajstić information content (AvgIpc) is 2.39. The fraction of sp³-hybridized carbons (Fsp3) is 1.00. The Kier molecular flexibility index (Phi) is 6.70. The van der Waals surface area contributed by atoms with Crippen LogP contribution < -0.4 is 0 Å². The van der Waals surface area contributed by atoms with Gasteiger partial charge in [0.25, 0.3) is 0 Å². The second-order valence-electron chi connectivity index (χ2n) is 5.17. The fourth-order valence-corrected chi connectivity index (χ4v) is 5.10. The summed E-state index contributed by atoms with van der Waals surface area (Å²) in [4.78, 5) is 0. The highest BCUT2D eigenvalue weighted by Gasteiger charge is 2.41. The number of rotatable bonds is 7. The van der Waals surface area contributed by atoms with Gasteiger partial charge in [-0.15, -0.1) is 0 Å². The number of hydrogen-bond donors (Lipinski definition) is 0. The summed E-state index contributed by atoms with van der Waals surface area (Å²) >= 11 is 0. The molecular weight excluding hydrogens is 232 g/mol. The summed E-state index contributed by atoms with van der Waals surface area (Å²) in [5.41, 5.74) is 0. The molecule has 1 rings (SSSR count). The van der Waals surface area contributed by atoms with Crippen molar-refractivity contribution in [2.45, 2.75) is 51.5 Å². The van der Waals surface area contributed by atoms with Crippen molar-refractivity contribution in [3.05, 3.63) is 0 Å². The Morgan fingerprint density at radius 2 is 1.35 bits per heavy atom. The van der Waals surface area contributed by atoms with Crippen LogP contribution in [-0.2, 0) is 13.3 Å². The first-order valence-electron chi connectivity index (χ1n) is 6.85. The van der Waals surface area contributed by atoms with E-state index in [1.54, 1.807) is 21.3 Å². The molecule has 0 aliphatic heterocycles. The van der Waals surface area contributed by atoms with Gasteiger partial charge in [-0.2, -0.15) is 0 Å². The third kappa shape index (κ3) is 4.36. The zero-order valence-electron chi connectivity index (χ0n) is 11.8. The maximum atomic E-state index is 5.51. The van der Waals surface area contributed by atoms with Gasteiger partial charge < -0.3 is 13.3 Å². The van der Waals surface area contributed by atoms with Crippen molar-refractivity contribution in [3.63, 3.8) is 0 Å². The minimum Gasteiger partial charge on any atom is -0.377 e. The lowest BCUT2D eigenvalue weighted by Gasteiger charge is -2.33. The van der Waals surface area contributed by atoms with Crippen molar-refractivity contribution in [3.8, 4) is 0 Å². The smallest absolute Gasteiger partial charge is 0.377 e. The fourth-order valence-electron chi connectivity index (χ4n) is 2.99. The van der Waals surface area contributed by atoms with Gasteiger partial charge in [0.1, 0.15) is 0 Å². The van der Waals surface area contributed by atoms with E-state index >= 15 is 0 Å². The molecule has 0 aromatic rings. The summed E-state index contributed by atoms with van der Waals surface area (Å²) in [6.45, 7) is 2.28. The van der Waals surface area contributed by atoms with E-state index in [4.69, 9.17) is 13.3 Å². The molecule has 0 saturated heterocycles. The van der Waals surface area contributed by atoms with E-state index in [9.17, 15) is 0 Å². The van der Waals surface area contributed by atoms with Crippen LogP contribution in [0.4, 0.5) is 0 Å². The summed E-state index contributed by atoms with van der Waals surface area (Å²) in [5, 5.41) is 0. The average molecular weight is 260 g/mol. The molecule has 1 aliphatic carbocycles. The molecule has 0 aromatic heterocycles. The van der Waals surface area contributed by atoms with Gasteiger partial charge in [-0.3, -0.25) is 0 Å². The first-order chi connectivity index (χ1) is 8.19. The summed E-state index contributed by atoms with van der Waals surface area (Å²) in [6, 6.07) is 0.981. The van der Waals surface area contributed by atoms with Crippen LogP contribution in [0.25, 0.3) is 0 Å². The molecule has 1 saturated carbocycles. The molecule has 4 heteroatoms. The zero-order chi connectivity index (χ0) is 12.7. The van der Waals surface area contributed by atoms with Crippen molar-refractivity contribution in [2.24, 2.45) is 11.8 Å². The Bertz CT molecular complexity index is 191. The molecule has 17 heavy (non-hydrogen) atoms. The van der Waals surface area contributed by atoms with E-state index in [0.29, 0.717) is 0 Å². The van der Waals surface area contributed by atoms with E-state index < -0.39 is 8.80 Å². The molecule has 0 radical (unpaired) electrons. The normalized spacial score (nSPS) is 26.1. The summed E-state index contributed by atoms with van der Waals surface area (Å²) < 4.78 is 16.5. The Labute approximate surface area is 107 Å². The molecule has 1 aliphatic rings. The highest BCUT2D eigenvalue weighted by atomic mass is 28.4. The van der Waals surface area contributed by atoms with E-state index in [1.807, 2.05) is 0 Å². The predicted molar refractivity (Wildman–Crippen MR) is 71.9 cm³/mol. The molecule has 102 valence electrons. The van der Waals surface area contributed by atoms with Crippen molar-refractivity contribution >= 4 is 8.80 Å². The summed E-state index contributed by atoms with van der Waals surface area (Å²) in [5.74, 6) is 1.69. The van der Waals surface area contributed by atoms with Crippen molar-refractivity contribution in [1.82, 2.24) is 0 Å². The van der Waals surface area contributed by atoms with Crippen LogP contribution in [0.15, 0.2) is 0 Å². The second kappa shape index (κ2) is 7.51. The molecule has 0 N–H and O–H groups in total. The third-order valence-corrected chi connectivity index (χ3v) is 7.08. The van der Waals surface area contributed by atoms with Crippen LogP contribution in [-0.4, -0.2) is 30.1 Å². The molecule has 0 bridgehead atoms. The Morgan fingerprint density at radius 3 is 1.76 bits per heavy atom. The lowest BCUT2D eigenvalue weighted by atomic mass is 9.81. The SMILES string of the molecule is CCCC1CCC(C[Si](OC)(OC)OC)CC1. The molecule has 3 nitrogen and oxygen atoms in total. The van der Waals surface area contributed by atoms with Gasteiger partial charge in [-0.25, -0.2) is 0 Å². The molecule has 0 heterocycles. The maximum Gasteiger partial charge on any atom is 0.500 e. The lowest BCUT2D eigenvalue weighted by Crippen LogP contribution is -2.44. The van der Waals surface area contributed by atoms with E-state index in [2.05, 4.69) is 6.92 Å². The Morgan fingerprint density at radius 1 is 0.882 bits per heavy atom. The first-order valence-corrected chi connectivity index (χ1v) is 8.78. The highest BCUT2D eigenvalue weighted by Crippen LogP contribution is 2.36. The van der Waals surface area contributed by atoms with E-state index in [1.165, 1.54) is 38.5 Å². The van der Waals surface area contributed by atoms with Crippen LogP contribution in [0.2, 0.25) is 6.04 Å². The van der Waals surface area contributed by atoms with Crippen LogP contribution >= 0.6 is 0 Å². The number of hydrogen-bond acceptors (Lipinski definition) is 3. The molecule has 0 amide bonds. The van der Waals surface area contributed by atoms with Gasteiger partial charge in [0, 0.05) is 27.4 Å². The quantitative estimate of drug-likeness (QED) is 0.656. The predicted octanol–water partition coefficient (Wildman–Crippen LogP) is 3.47. The molecule has 1 fully saturated rings. The van der Waals surface area contributed by atoms with Gasteiger partial charge in [-0.1, -0.05) is 45.4 Å². The zero-order valence-corrected chi connectivity index (χ0v) is 12.8. The van der Waals surface area contributed by atoms with Crippen LogP contribution in [0.1, 0.15) is 45.4 Å². The minimum atomic E-state index is -2.35. The highest BCUT2D eigenvalue weighted by molar-refractivity contribution is 6.60. The standard InChI is InChI=1S/C13H28O3Si/c1-5-6-12-7-9-13(10-8-12)11-17(14-2,15-3)16-4/h12-13H,5-11H2,1-4H3. The van der Waals surface area contributed by atoms with Gasteiger partial charge in [0.15, 0.2) is 0 Å². The van der Waals surface area contributed by atoms with Gasteiger partial charge in [0.05, 0.1) is 0 Å². The van der Waals surface area contributed by atoms with Gasteiger partial charge in [-0.05, 0) is 11.8 Å². The maximum absolute atomic E-state index is 5.51. The van der Waals surface area contributed by atoms with Crippen molar-refractivity contribution in [2.75, 3.05) is 21.3 Å².